The Morgan fingerprint density at radius 3 is 2.20 bits per heavy atom. The summed E-state index contributed by atoms with van der Waals surface area (Å²) in [5.41, 5.74) is -0.668. The van der Waals surface area contributed by atoms with Crippen molar-refractivity contribution in [2.45, 2.75) is 77.3 Å². The van der Waals surface area contributed by atoms with Crippen LogP contribution >= 0.6 is 0 Å². The first kappa shape index (κ1) is 15.3. The largest absolute Gasteiger partial charge is 0.340 e. The van der Waals surface area contributed by atoms with Crippen LogP contribution in [0.3, 0.4) is 0 Å². The number of hydrogen-bond acceptors (Lipinski definition) is 2. The van der Waals surface area contributed by atoms with Crippen molar-refractivity contribution in [1.82, 2.24) is 10.2 Å². The van der Waals surface area contributed by atoms with Crippen molar-refractivity contribution in [3.8, 4) is 0 Å². The first-order valence-corrected chi connectivity index (χ1v) is 8.22. The van der Waals surface area contributed by atoms with Crippen LogP contribution < -0.4 is 5.32 Å². The van der Waals surface area contributed by atoms with Crippen LogP contribution in [-0.2, 0) is 9.59 Å². The summed E-state index contributed by atoms with van der Waals surface area (Å²) >= 11 is 0. The number of piperazine rings is 1. The summed E-state index contributed by atoms with van der Waals surface area (Å²) < 4.78 is 0. The SMILES string of the molecule is CCN1C(=O)C(CC)(CC)NC(=O)C1C1CCCCC1. The summed E-state index contributed by atoms with van der Waals surface area (Å²) in [5.74, 6) is 0.543. The van der Waals surface area contributed by atoms with E-state index in [2.05, 4.69) is 5.32 Å². The maximum Gasteiger partial charge on any atom is 0.248 e. The molecule has 2 amide bonds. The highest BCUT2D eigenvalue weighted by atomic mass is 16.2. The quantitative estimate of drug-likeness (QED) is 0.860. The lowest BCUT2D eigenvalue weighted by Gasteiger charge is -2.48. The summed E-state index contributed by atoms with van der Waals surface area (Å²) in [7, 11) is 0. The van der Waals surface area contributed by atoms with E-state index in [1.54, 1.807) is 0 Å². The van der Waals surface area contributed by atoms with Gasteiger partial charge in [-0.1, -0.05) is 33.1 Å². The van der Waals surface area contributed by atoms with Crippen LogP contribution in [0, 0.1) is 5.92 Å². The summed E-state index contributed by atoms with van der Waals surface area (Å²) in [5, 5.41) is 3.06. The Bertz CT molecular complexity index is 371. The van der Waals surface area contributed by atoms with Crippen molar-refractivity contribution in [2.24, 2.45) is 5.92 Å². The van der Waals surface area contributed by atoms with E-state index in [9.17, 15) is 9.59 Å². The first-order valence-electron chi connectivity index (χ1n) is 8.22. The molecule has 0 spiro atoms. The summed E-state index contributed by atoms with van der Waals surface area (Å²) in [6.45, 7) is 6.59. The number of nitrogens with one attached hydrogen (secondary N) is 1. The molecule has 4 heteroatoms. The van der Waals surface area contributed by atoms with Crippen LogP contribution in [-0.4, -0.2) is 34.8 Å². The fourth-order valence-corrected chi connectivity index (χ4v) is 3.89. The van der Waals surface area contributed by atoms with E-state index in [0.717, 1.165) is 12.8 Å². The van der Waals surface area contributed by atoms with Crippen LogP contribution in [0.4, 0.5) is 0 Å². The second-order valence-corrected chi connectivity index (χ2v) is 6.21. The molecule has 1 atom stereocenters. The monoisotopic (exact) mass is 280 g/mol. The highest BCUT2D eigenvalue weighted by molar-refractivity contribution is 6.00. The molecule has 4 nitrogen and oxygen atoms in total. The summed E-state index contributed by atoms with van der Waals surface area (Å²) in [6.07, 6.45) is 7.13. The fraction of sp³-hybridized carbons (Fsp3) is 0.875. The minimum Gasteiger partial charge on any atom is -0.340 e. The molecule has 1 heterocycles. The van der Waals surface area contributed by atoms with Gasteiger partial charge in [-0.25, -0.2) is 0 Å². The maximum absolute atomic E-state index is 12.9. The molecule has 1 aliphatic heterocycles. The van der Waals surface area contributed by atoms with Gasteiger partial charge in [0.2, 0.25) is 11.8 Å². The van der Waals surface area contributed by atoms with E-state index in [1.165, 1.54) is 19.3 Å². The van der Waals surface area contributed by atoms with Crippen LogP contribution in [0.1, 0.15) is 65.7 Å². The minimum absolute atomic E-state index is 0.0713. The maximum atomic E-state index is 12.9. The van der Waals surface area contributed by atoms with Gasteiger partial charge in [-0.05, 0) is 38.5 Å². The first-order chi connectivity index (χ1) is 9.59. The molecule has 1 saturated heterocycles. The number of amides is 2. The molecular weight excluding hydrogens is 252 g/mol. The van der Waals surface area contributed by atoms with E-state index in [4.69, 9.17) is 0 Å². The number of nitrogens with zero attached hydrogens (tertiary/aromatic N) is 1. The average molecular weight is 280 g/mol. The summed E-state index contributed by atoms with van der Waals surface area (Å²) in [4.78, 5) is 27.3. The molecule has 0 aromatic heterocycles. The molecule has 1 unspecified atom stereocenters. The van der Waals surface area contributed by atoms with Gasteiger partial charge in [0.15, 0.2) is 0 Å². The molecular formula is C16H28N2O2. The molecule has 20 heavy (non-hydrogen) atoms. The molecule has 114 valence electrons. The van der Waals surface area contributed by atoms with Crippen molar-refractivity contribution in [2.75, 3.05) is 6.54 Å². The zero-order chi connectivity index (χ0) is 14.8. The van der Waals surface area contributed by atoms with E-state index in [1.807, 2.05) is 25.7 Å². The predicted molar refractivity (Wildman–Crippen MR) is 79.2 cm³/mol. The normalized spacial score (nSPS) is 27.6. The lowest BCUT2D eigenvalue weighted by atomic mass is 9.79. The number of rotatable bonds is 4. The number of carbonyl (C=O) groups excluding carboxylic acids is 2. The van der Waals surface area contributed by atoms with Gasteiger partial charge in [0, 0.05) is 6.54 Å². The van der Waals surface area contributed by atoms with E-state index in [0.29, 0.717) is 25.3 Å². The van der Waals surface area contributed by atoms with Gasteiger partial charge in [-0.2, -0.15) is 0 Å². The lowest BCUT2D eigenvalue weighted by Crippen LogP contribution is -2.71. The third-order valence-electron chi connectivity index (χ3n) is 5.28. The third-order valence-corrected chi connectivity index (χ3v) is 5.28. The molecule has 1 aliphatic carbocycles. The fourth-order valence-electron chi connectivity index (χ4n) is 3.89. The van der Waals surface area contributed by atoms with E-state index >= 15 is 0 Å². The lowest BCUT2D eigenvalue weighted by molar-refractivity contribution is -0.158. The number of likely N-dealkylation sites (N-methyl/N-ethyl adjacent to an activating group) is 1. The molecule has 2 fully saturated rings. The highest BCUT2D eigenvalue weighted by Crippen LogP contribution is 2.34. The van der Waals surface area contributed by atoms with E-state index < -0.39 is 5.54 Å². The summed E-state index contributed by atoms with van der Waals surface area (Å²) in [6, 6.07) is -0.237. The van der Waals surface area contributed by atoms with Crippen LogP contribution in [0.2, 0.25) is 0 Å². The molecule has 1 saturated carbocycles. The topological polar surface area (TPSA) is 49.4 Å². The van der Waals surface area contributed by atoms with Crippen molar-refractivity contribution in [3.05, 3.63) is 0 Å². The predicted octanol–water partition coefficient (Wildman–Crippen LogP) is 2.47. The minimum atomic E-state index is -0.668. The van der Waals surface area contributed by atoms with Crippen molar-refractivity contribution in [1.29, 1.82) is 0 Å². The Labute approximate surface area is 122 Å². The van der Waals surface area contributed by atoms with Gasteiger partial charge in [0.1, 0.15) is 11.6 Å². The van der Waals surface area contributed by atoms with Gasteiger partial charge in [-0.15, -0.1) is 0 Å². The molecule has 2 rings (SSSR count). The van der Waals surface area contributed by atoms with Crippen molar-refractivity contribution in [3.63, 3.8) is 0 Å². The zero-order valence-corrected chi connectivity index (χ0v) is 13.1. The Morgan fingerprint density at radius 2 is 1.70 bits per heavy atom. The van der Waals surface area contributed by atoms with Gasteiger partial charge >= 0.3 is 0 Å². The van der Waals surface area contributed by atoms with Gasteiger partial charge in [-0.3, -0.25) is 9.59 Å². The number of hydrogen-bond donors (Lipinski definition) is 1. The van der Waals surface area contributed by atoms with Gasteiger partial charge in [0.25, 0.3) is 0 Å². The van der Waals surface area contributed by atoms with Crippen LogP contribution in [0.15, 0.2) is 0 Å². The molecule has 0 aromatic carbocycles. The van der Waals surface area contributed by atoms with Crippen LogP contribution in [0.5, 0.6) is 0 Å². The van der Waals surface area contributed by atoms with Gasteiger partial charge < -0.3 is 10.2 Å². The number of carbonyl (C=O) groups is 2. The second-order valence-electron chi connectivity index (χ2n) is 6.21. The Hall–Kier alpha value is -1.06. The standard InChI is InChI=1S/C16H28N2O2/c1-4-16(5-2)15(20)18(6-3)13(14(19)17-16)12-10-8-7-9-11-12/h12-13H,4-11H2,1-3H3,(H,17,19). The molecule has 2 aliphatic rings. The van der Waals surface area contributed by atoms with Crippen LogP contribution in [0.25, 0.3) is 0 Å². The molecule has 0 radical (unpaired) electrons. The Balaban J connectivity index is 2.26. The van der Waals surface area contributed by atoms with Gasteiger partial charge in [0.05, 0.1) is 0 Å². The average Bonchev–Trinajstić information content (AvgIpc) is 2.49. The highest BCUT2D eigenvalue weighted by Gasteiger charge is 2.50. The second kappa shape index (κ2) is 6.15. The molecule has 1 N–H and O–H groups in total. The third kappa shape index (κ3) is 2.45. The van der Waals surface area contributed by atoms with Crippen molar-refractivity contribution < 1.29 is 9.59 Å². The Kier molecular flexibility index (Phi) is 4.71. The van der Waals surface area contributed by atoms with E-state index in [-0.39, 0.29) is 17.9 Å². The zero-order valence-electron chi connectivity index (χ0n) is 13.1. The Morgan fingerprint density at radius 1 is 1.10 bits per heavy atom. The van der Waals surface area contributed by atoms with Crippen molar-refractivity contribution >= 4 is 11.8 Å². The smallest absolute Gasteiger partial charge is 0.248 e. The molecule has 0 aromatic rings. The molecule has 0 bridgehead atoms.